The van der Waals surface area contributed by atoms with Crippen LogP contribution in [0.25, 0.3) is 11.4 Å². The van der Waals surface area contributed by atoms with Crippen LogP contribution in [0.1, 0.15) is 24.5 Å². The molecule has 0 spiro atoms. The summed E-state index contributed by atoms with van der Waals surface area (Å²) in [6.07, 6.45) is 1.20. The number of hydrogen-bond donors (Lipinski definition) is 1. The largest absolute Gasteiger partial charge is 0.388 e. The van der Waals surface area contributed by atoms with Crippen LogP contribution in [-0.4, -0.2) is 27.6 Å². The maximum atomic E-state index is 13.1. The van der Waals surface area contributed by atoms with Crippen LogP contribution in [-0.2, 0) is 0 Å². The summed E-state index contributed by atoms with van der Waals surface area (Å²) in [5.41, 5.74) is 1.81. The molecule has 26 heavy (non-hydrogen) atoms. The van der Waals surface area contributed by atoms with Crippen LogP contribution < -0.4 is 4.90 Å². The van der Waals surface area contributed by atoms with Gasteiger partial charge in [0.2, 0.25) is 5.13 Å². The molecule has 6 heteroatoms. The van der Waals surface area contributed by atoms with Gasteiger partial charge in [0.15, 0.2) is 5.82 Å². The quantitative estimate of drug-likeness (QED) is 0.745. The summed E-state index contributed by atoms with van der Waals surface area (Å²) in [6, 6.07) is 16.1. The predicted molar refractivity (Wildman–Crippen MR) is 102 cm³/mol. The minimum absolute atomic E-state index is 0.179. The first-order chi connectivity index (χ1) is 12.7. The molecule has 1 aromatic heterocycles. The lowest BCUT2D eigenvalue weighted by Crippen LogP contribution is -2.35. The maximum Gasteiger partial charge on any atom is 0.205 e. The van der Waals surface area contributed by atoms with Crippen molar-refractivity contribution in [1.29, 1.82) is 0 Å². The van der Waals surface area contributed by atoms with Gasteiger partial charge in [-0.1, -0.05) is 42.5 Å². The standard InChI is InChI=1S/C20H20FN3OS/c21-17-8-6-14(7-9-17)18(25)15-10-12-24(13-11-15)20-22-19(23-26-20)16-4-2-1-3-5-16/h1-9,15,18,25H,10-13H2. The molecule has 2 aromatic carbocycles. The highest BCUT2D eigenvalue weighted by Crippen LogP contribution is 2.33. The summed E-state index contributed by atoms with van der Waals surface area (Å²) in [5, 5.41) is 11.5. The van der Waals surface area contributed by atoms with Crippen molar-refractivity contribution in [3.8, 4) is 11.4 Å². The molecule has 1 N–H and O–H groups in total. The van der Waals surface area contributed by atoms with Gasteiger partial charge in [-0.3, -0.25) is 0 Å². The third kappa shape index (κ3) is 3.61. The first kappa shape index (κ1) is 17.1. The van der Waals surface area contributed by atoms with Crippen LogP contribution in [0.15, 0.2) is 54.6 Å². The highest BCUT2D eigenvalue weighted by atomic mass is 32.1. The lowest BCUT2D eigenvalue weighted by Gasteiger charge is -2.34. The molecular weight excluding hydrogens is 349 g/mol. The van der Waals surface area contributed by atoms with E-state index in [1.807, 2.05) is 30.3 Å². The molecule has 0 amide bonds. The van der Waals surface area contributed by atoms with Gasteiger partial charge in [-0.25, -0.2) is 4.39 Å². The van der Waals surface area contributed by atoms with Crippen molar-refractivity contribution in [3.63, 3.8) is 0 Å². The Morgan fingerprint density at radius 3 is 2.42 bits per heavy atom. The van der Waals surface area contributed by atoms with Crippen molar-refractivity contribution in [2.24, 2.45) is 5.92 Å². The van der Waals surface area contributed by atoms with E-state index in [0.717, 1.165) is 48.0 Å². The monoisotopic (exact) mass is 369 g/mol. The molecule has 1 atom stereocenters. The van der Waals surface area contributed by atoms with Crippen LogP contribution in [0.3, 0.4) is 0 Å². The fourth-order valence-corrected chi connectivity index (χ4v) is 4.13. The number of rotatable bonds is 4. The second kappa shape index (κ2) is 7.51. The van der Waals surface area contributed by atoms with Gasteiger partial charge < -0.3 is 10.0 Å². The summed E-state index contributed by atoms with van der Waals surface area (Å²) in [5.74, 6) is 0.665. The number of benzene rings is 2. The first-order valence-electron chi connectivity index (χ1n) is 8.78. The van der Waals surface area contributed by atoms with E-state index in [1.54, 1.807) is 12.1 Å². The lowest BCUT2D eigenvalue weighted by molar-refractivity contribution is 0.0929. The molecule has 134 valence electrons. The molecular formula is C20H20FN3OS. The van der Waals surface area contributed by atoms with Crippen LogP contribution in [0, 0.1) is 11.7 Å². The fraction of sp³-hybridized carbons (Fsp3) is 0.300. The van der Waals surface area contributed by atoms with Gasteiger partial charge in [0.1, 0.15) is 5.82 Å². The van der Waals surface area contributed by atoms with E-state index < -0.39 is 6.10 Å². The normalized spacial score (nSPS) is 16.6. The Labute approximate surface area is 156 Å². The molecule has 1 aliphatic heterocycles. The Morgan fingerprint density at radius 2 is 1.73 bits per heavy atom. The van der Waals surface area contributed by atoms with Gasteiger partial charge in [-0.15, -0.1) is 0 Å². The van der Waals surface area contributed by atoms with Crippen LogP contribution in [0.2, 0.25) is 0 Å². The minimum Gasteiger partial charge on any atom is -0.388 e. The number of halogens is 1. The minimum atomic E-state index is -0.549. The molecule has 2 heterocycles. The fourth-order valence-electron chi connectivity index (χ4n) is 3.39. The van der Waals surface area contributed by atoms with E-state index in [-0.39, 0.29) is 11.7 Å². The summed E-state index contributed by atoms with van der Waals surface area (Å²) < 4.78 is 17.5. The van der Waals surface area contributed by atoms with E-state index in [2.05, 4.69) is 14.3 Å². The molecule has 0 saturated carbocycles. The summed E-state index contributed by atoms with van der Waals surface area (Å²) in [6.45, 7) is 1.68. The number of aromatic nitrogens is 2. The van der Waals surface area contributed by atoms with Gasteiger partial charge in [0.25, 0.3) is 0 Å². The molecule has 0 aliphatic carbocycles. The summed E-state index contributed by atoms with van der Waals surface area (Å²) >= 11 is 1.42. The SMILES string of the molecule is OC(c1ccc(F)cc1)C1CCN(c2nc(-c3ccccc3)ns2)CC1. The number of hydrogen-bond acceptors (Lipinski definition) is 5. The zero-order chi connectivity index (χ0) is 17.9. The topological polar surface area (TPSA) is 49.2 Å². The zero-order valence-corrected chi connectivity index (χ0v) is 15.1. The van der Waals surface area contributed by atoms with Gasteiger partial charge in [0.05, 0.1) is 6.10 Å². The molecule has 4 rings (SSSR count). The highest BCUT2D eigenvalue weighted by molar-refractivity contribution is 7.09. The van der Waals surface area contributed by atoms with Crippen molar-refractivity contribution < 1.29 is 9.50 Å². The van der Waals surface area contributed by atoms with E-state index in [0.29, 0.717) is 0 Å². The average Bonchev–Trinajstić information content (AvgIpc) is 3.19. The Morgan fingerprint density at radius 1 is 1.04 bits per heavy atom. The molecule has 0 radical (unpaired) electrons. The molecule has 4 nitrogen and oxygen atoms in total. The molecule has 1 aliphatic rings. The van der Waals surface area contributed by atoms with Crippen LogP contribution in [0.5, 0.6) is 0 Å². The first-order valence-corrected chi connectivity index (χ1v) is 9.55. The third-order valence-electron chi connectivity index (χ3n) is 4.92. The number of nitrogens with zero attached hydrogens (tertiary/aromatic N) is 3. The summed E-state index contributed by atoms with van der Waals surface area (Å²) in [7, 11) is 0. The zero-order valence-electron chi connectivity index (χ0n) is 14.3. The number of anilines is 1. The Kier molecular flexibility index (Phi) is 4.95. The van der Waals surface area contributed by atoms with Crippen molar-refractivity contribution >= 4 is 16.7 Å². The van der Waals surface area contributed by atoms with Gasteiger partial charge in [-0.2, -0.15) is 9.36 Å². The number of aliphatic hydroxyl groups excluding tert-OH is 1. The van der Waals surface area contributed by atoms with E-state index >= 15 is 0 Å². The van der Waals surface area contributed by atoms with Crippen molar-refractivity contribution in [1.82, 2.24) is 9.36 Å². The summed E-state index contributed by atoms with van der Waals surface area (Å²) in [4.78, 5) is 6.91. The molecule has 3 aromatic rings. The van der Waals surface area contributed by atoms with Gasteiger partial charge in [0, 0.05) is 30.2 Å². The van der Waals surface area contributed by atoms with Crippen molar-refractivity contribution in [2.45, 2.75) is 18.9 Å². The van der Waals surface area contributed by atoms with E-state index in [1.165, 1.54) is 23.7 Å². The van der Waals surface area contributed by atoms with Crippen molar-refractivity contribution in [2.75, 3.05) is 18.0 Å². The molecule has 1 saturated heterocycles. The van der Waals surface area contributed by atoms with Gasteiger partial charge in [-0.05, 0) is 36.5 Å². The Balaban J connectivity index is 1.39. The van der Waals surface area contributed by atoms with Crippen molar-refractivity contribution in [3.05, 3.63) is 66.0 Å². The lowest BCUT2D eigenvalue weighted by atomic mass is 9.87. The van der Waals surface area contributed by atoms with Crippen LogP contribution >= 0.6 is 11.5 Å². The number of piperidine rings is 1. The van der Waals surface area contributed by atoms with E-state index in [9.17, 15) is 9.50 Å². The third-order valence-corrected chi connectivity index (χ3v) is 5.69. The predicted octanol–water partition coefficient (Wildman–Crippen LogP) is 4.29. The molecule has 0 bridgehead atoms. The Bertz CT molecular complexity index is 845. The Hall–Kier alpha value is -2.31. The van der Waals surface area contributed by atoms with E-state index in [4.69, 9.17) is 0 Å². The molecule has 1 fully saturated rings. The number of aliphatic hydroxyl groups is 1. The maximum absolute atomic E-state index is 13.1. The van der Waals surface area contributed by atoms with Crippen LogP contribution in [0.4, 0.5) is 9.52 Å². The average molecular weight is 369 g/mol. The second-order valence-corrected chi connectivity index (χ2v) is 7.32. The smallest absolute Gasteiger partial charge is 0.205 e. The molecule has 1 unspecified atom stereocenters. The van der Waals surface area contributed by atoms with Gasteiger partial charge >= 0.3 is 0 Å². The second-order valence-electron chi connectivity index (χ2n) is 6.59. The highest BCUT2D eigenvalue weighted by Gasteiger charge is 2.27.